The van der Waals surface area contributed by atoms with Gasteiger partial charge in [0.05, 0.1) is 18.5 Å². The van der Waals surface area contributed by atoms with Gasteiger partial charge >= 0.3 is 0 Å². The first kappa shape index (κ1) is 17.3. The minimum Gasteiger partial charge on any atom is -0.459 e. The number of anilines is 1. The Hall–Kier alpha value is -2.15. The van der Waals surface area contributed by atoms with Crippen molar-refractivity contribution in [2.45, 2.75) is 51.5 Å². The lowest BCUT2D eigenvalue weighted by molar-refractivity contribution is -0.132. The summed E-state index contributed by atoms with van der Waals surface area (Å²) in [4.78, 5) is 32.1. The zero-order valence-corrected chi connectivity index (χ0v) is 15.5. The van der Waals surface area contributed by atoms with Gasteiger partial charge in [-0.2, -0.15) is 0 Å². The maximum atomic E-state index is 12.5. The third kappa shape index (κ3) is 3.82. The molecule has 2 aliphatic rings. The number of furan rings is 1. The molecule has 0 aromatic carbocycles. The third-order valence-electron chi connectivity index (χ3n) is 5.29. The van der Waals surface area contributed by atoms with Gasteiger partial charge in [-0.05, 0) is 24.5 Å². The topological polar surface area (TPSA) is 75.4 Å². The Kier molecular flexibility index (Phi) is 5.06. The predicted molar refractivity (Wildman–Crippen MR) is 99.1 cm³/mol. The quantitative estimate of drug-likeness (QED) is 0.864. The van der Waals surface area contributed by atoms with Crippen molar-refractivity contribution in [1.82, 2.24) is 9.88 Å². The third-order valence-corrected chi connectivity index (χ3v) is 6.29. The van der Waals surface area contributed by atoms with E-state index in [9.17, 15) is 9.59 Å². The van der Waals surface area contributed by atoms with Crippen LogP contribution in [0.1, 0.15) is 59.7 Å². The highest BCUT2D eigenvalue weighted by Crippen LogP contribution is 2.31. The van der Waals surface area contributed by atoms with Crippen molar-refractivity contribution >= 4 is 28.3 Å². The number of fused-ring (bicyclic) bond motifs is 1. The lowest BCUT2D eigenvalue weighted by Crippen LogP contribution is -2.35. The molecule has 138 valence electrons. The first-order valence-corrected chi connectivity index (χ1v) is 10.1. The van der Waals surface area contributed by atoms with Crippen molar-refractivity contribution in [3.63, 3.8) is 0 Å². The van der Waals surface area contributed by atoms with Crippen molar-refractivity contribution in [1.29, 1.82) is 0 Å². The van der Waals surface area contributed by atoms with Crippen LogP contribution < -0.4 is 5.32 Å². The Morgan fingerprint density at radius 3 is 2.96 bits per heavy atom. The van der Waals surface area contributed by atoms with Gasteiger partial charge in [0.25, 0.3) is 5.91 Å². The van der Waals surface area contributed by atoms with Crippen LogP contribution in [0.5, 0.6) is 0 Å². The molecule has 0 atom stereocenters. The monoisotopic (exact) mass is 373 g/mol. The Morgan fingerprint density at radius 1 is 1.35 bits per heavy atom. The molecule has 0 radical (unpaired) electrons. The summed E-state index contributed by atoms with van der Waals surface area (Å²) in [6, 6.07) is 3.30. The van der Waals surface area contributed by atoms with E-state index < -0.39 is 0 Å². The van der Waals surface area contributed by atoms with E-state index in [-0.39, 0.29) is 17.6 Å². The van der Waals surface area contributed by atoms with Gasteiger partial charge in [-0.3, -0.25) is 14.9 Å². The van der Waals surface area contributed by atoms with Crippen molar-refractivity contribution < 1.29 is 14.0 Å². The Balaban J connectivity index is 1.34. The molecule has 0 spiro atoms. The number of hydrogen-bond donors (Lipinski definition) is 1. The number of amides is 2. The molecule has 26 heavy (non-hydrogen) atoms. The number of nitrogens with one attached hydrogen (secondary N) is 1. The molecule has 0 unspecified atom stereocenters. The average molecular weight is 373 g/mol. The first-order valence-electron chi connectivity index (χ1n) is 9.30. The first-order chi connectivity index (χ1) is 12.7. The van der Waals surface area contributed by atoms with Crippen LogP contribution in [0.15, 0.2) is 22.8 Å². The molecule has 1 N–H and O–H groups in total. The number of nitrogens with zero attached hydrogens (tertiary/aromatic N) is 2. The zero-order valence-electron chi connectivity index (χ0n) is 14.7. The Labute approximate surface area is 156 Å². The second-order valence-corrected chi connectivity index (χ2v) is 8.16. The summed E-state index contributed by atoms with van der Waals surface area (Å²) in [5, 5.41) is 3.35. The molecule has 6 nitrogen and oxygen atoms in total. The van der Waals surface area contributed by atoms with E-state index in [2.05, 4.69) is 10.3 Å². The molecule has 3 heterocycles. The number of thiazole rings is 1. The number of hydrogen-bond acceptors (Lipinski definition) is 5. The van der Waals surface area contributed by atoms with Gasteiger partial charge in [0.1, 0.15) is 0 Å². The summed E-state index contributed by atoms with van der Waals surface area (Å²) in [5.74, 6) is 0.954. The number of carbonyl (C=O) groups excluding carboxylic acids is 2. The molecule has 0 bridgehead atoms. The normalized spacial score (nSPS) is 17.3. The van der Waals surface area contributed by atoms with E-state index in [4.69, 9.17) is 4.42 Å². The molecule has 1 saturated carbocycles. The molecule has 2 aromatic rings. The van der Waals surface area contributed by atoms with Crippen LogP contribution in [-0.2, 0) is 17.8 Å². The average Bonchev–Trinajstić information content (AvgIpc) is 3.39. The van der Waals surface area contributed by atoms with Crippen molar-refractivity contribution in [3.05, 3.63) is 34.7 Å². The van der Waals surface area contributed by atoms with Crippen molar-refractivity contribution in [2.75, 3.05) is 11.9 Å². The highest BCUT2D eigenvalue weighted by Gasteiger charge is 2.25. The van der Waals surface area contributed by atoms with E-state index in [1.54, 1.807) is 12.1 Å². The summed E-state index contributed by atoms with van der Waals surface area (Å²) in [7, 11) is 0. The number of rotatable bonds is 5. The predicted octanol–water partition coefficient (Wildman–Crippen LogP) is 3.84. The van der Waals surface area contributed by atoms with Gasteiger partial charge in [-0.15, -0.1) is 0 Å². The maximum absolute atomic E-state index is 12.5. The molecule has 1 fully saturated rings. The molecular formula is C19H23N3O3S. The second-order valence-electron chi connectivity index (χ2n) is 7.07. The molecule has 2 amide bonds. The molecule has 7 heteroatoms. The summed E-state index contributed by atoms with van der Waals surface area (Å²) < 4.78 is 5.10. The van der Waals surface area contributed by atoms with E-state index in [0.29, 0.717) is 24.6 Å². The molecule has 1 aliphatic carbocycles. The van der Waals surface area contributed by atoms with E-state index in [1.807, 2.05) is 4.90 Å². The van der Waals surface area contributed by atoms with Crippen LogP contribution in [0.4, 0.5) is 5.13 Å². The summed E-state index contributed by atoms with van der Waals surface area (Å²) >= 11 is 1.45. The highest BCUT2D eigenvalue weighted by atomic mass is 32.1. The lowest BCUT2D eigenvalue weighted by Gasteiger charge is -2.26. The second kappa shape index (κ2) is 7.61. The fourth-order valence-electron chi connectivity index (χ4n) is 3.81. The van der Waals surface area contributed by atoms with Gasteiger partial charge in [-0.1, -0.05) is 37.0 Å². The molecular weight excluding hydrogens is 350 g/mol. The minimum atomic E-state index is -0.300. The number of carbonyl (C=O) groups is 2. The summed E-state index contributed by atoms with van der Waals surface area (Å²) in [5.41, 5.74) is 0.990. The fourth-order valence-corrected chi connectivity index (χ4v) is 4.83. The number of aromatic nitrogens is 1. The van der Waals surface area contributed by atoms with Crippen LogP contribution in [0.2, 0.25) is 0 Å². The largest absolute Gasteiger partial charge is 0.459 e. The standard InChI is InChI=1S/C19H23N3O3S/c23-17(8-7-13-4-1-2-5-13)22-10-9-14-16(12-22)26-19(20-14)21-18(24)15-6-3-11-25-15/h3,6,11,13H,1-2,4-5,7-10,12H2,(H,20,21,24). The minimum absolute atomic E-state index is 0.247. The van der Waals surface area contributed by atoms with E-state index in [1.165, 1.54) is 43.3 Å². The zero-order chi connectivity index (χ0) is 17.9. The SMILES string of the molecule is O=C(Nc1nc2c(s1)CN(C(=O)CCC1CCCC1)CC2)c1ccco1. The van der Waals surface area contributed by atoms with Crippen LogP contribution in [0.3, 0.4) is 0 Å². The van der Waals surface area contributed by atoms with Gasteiger partial charge in [0.2, 0.25) is 5.91 Å². The van der Waals surface area contributed by atoms with Crippen molar-refractivity contribution in [2.24, 2.45) is 5.92 Å². The van der Waals surface area contributed by atoms with Crippen molar-refractivity contribution in [3.8, 4) is 0 Å². The fraction of sp³-hybridized carbons (Fsp3) is 0.526. The maximum Gasteiger partial charge on any atom is 0.293 e. The lowest BCUT2D eigenvalue weighted by atomic mass is 10.0. The molecule has 0 saturated heterocycles. The van der Waals surface area contributed by atoms with Gasteiger partial charge in [-0.25, -0.2) is 4.98 Å². The van der Waals surface area contributed by atoms with Gasteiger partial charge in [0, 0.05) is 24.3 Å². The van der Waals surface area contributed by atoms with Crippen LogP contribution >= 0.6 is 11.3 Å². The van der Waals surface area contributed by atoms with Crippen LogP contribution in [-0.4, -0.2) is 28.2 Å². The molecule has 2 aromatic heterocycles. The Morgan fingerprint density at radius 2 is 2.19 bits per heavy atom. The van der Waals surface area contributed by atoms with Crippen LogP contribution in [0.25, 0.3) is 0 Å². The van der Waals surface area contributed by atoms with E-state index in [0.717, 1.165) is 29.3 Å². The highest BCUT2D eigenvalue weighted by molar-refractivity contribution is 7.15. The smallest absolute Gasteiger partial charge is 0.293 e. The Bertz CT molecular complexity index is 778. The summed E-state index contributed by atoms with van der Waals surface area (Å²) in [6.45, 7) is 1.32. The van der Waals surface area contributed by atoms with Crippen LogP contribution in [0, 0.1) is 5.92 Å². The molecule has 4 rings (SSSR count). The van der Waals surface area contributed by atoms with E-state index >= 15 is 0 Å². The van der Waals surface area contributed by atoms with Gasteiger partial charge in [0.15, 0.2) is 10.9 Å². The molecule has 1 aliphatic heterocycles. The summed E-state index contributed by atoms with van der Waals surface area (Å²) in [6.07, 6.45) is 9.10. The van der Waals surface area contributed by atoms with Gasteiger partial charge < -0.3 is 9.32 Å².